The van der Waals surface area contributed by atoms with E-state index in [1.54, 1.807) is 7.05 Å². The van der Waals surface area contributed by atoms with E-state index in [2.05, 4.69) is 4.90 Å². The Kier molecular flexibility index (Phi) is 5.28. The van der Waals surface area contributed by atoms with Gasteiger partial charge in [0.25, 0.3) is 5.91 Å². The predicted octanol–water partition coefficient (Wildman–Crippen LogP) is 3.07. The van der Waals surface area contributed by atoms with Gasteiger partial charge in [-0.25, -0.2) is 8.78 Å². The summed E-state index contributed by atoms with van der Waals surface area (Å²) in [6.07, 6.45) is 0. The van der Waals surface area contributed by atoms with Gasteiger partial charge in [-0.3, -0.25) is 4.79 Å². The van der Waals surface area contributed by atoms with Crippen molar-refractivity contribution in [3.05, 3.63) is 65.2 Å². The van der Waals surface area contributed by atoms with Gasteiger partial charge in [0.15, 0.2) is 0 Å². The predicted molar refractivity (Wildman–Crippen MR) is 91.6 cm³/mol. The molecule has 0 N–H and O–H groups in total. The molecule has 0 radical (unpaired) electrons. The van der Waals surface area contributed by atoms with Crippen molar-refractivity contribution in [3.8, 4) is 0 Å². The number of carbonyl (C=O) groups is 1. The Bertz CT molecular complexity index is 723. The molecule has 0 spiro atoms. The number of carbonyl (C=O) groups excluding carboxylic acids is 1. The zero-order valence-corrected chi connectivity index (χ0v) is 14.0. The molecular formula is C19H20F2N2O2. The second-order valence-corrected chi connectivity index (χ2v) is 6.09. The van der Waals surface area contributed by atoms with Gasteiger partial charge in [-0.1, -0.05) is 12.1 Å². The summed E-state index contributed by atoms with van der Waals surface area (Å²) in [5.41, 5.74) is 2.07. The summed E-state index contributed by atoms with van der Waals surface area (Å²) in [6.45, 7) is 3.54. The number of anilines is 1. The molecule has 4 nitrogen and oxygen atoms in total. The highest BCUT2D eigenvalue weighted by atomic mass is 19.1. The minimum absolute atomic E-state index is 0.00457. The lowest BCUT2D eigenvalue weighted by molar-refractivity contribution is 0.0784. The highest BCUT2D eigenvalue weighted by Gasteiger charge is 2.15. The summed E-state index contributed by atoms with van der Waals surface area (Å²) in [5, 5.41) is 0. The van der Waals surface area contributed by atoms with Crippen LogP contribution in [0.25, 0.3) is 0 Å². The summed E-state index contributed by atoms with van der Waals surface area (Å²) in [6, 6.07) is 10.8. The summed E-state index contributed by atoms with van der Waals surface area (Å²) < 4.78 is 31.9. The molecule has 1 aliphatic heterocycles. The van der Waals surface area contributed by atoms with Crippen molar-refractivity contribution in [1.82, 2.24) is 4.90 Å². The number of halogens is 2. The van der Waals surface area contributed by atoms with Crippen molar-refractivity contribution >= 4 is 11.6 Å². The molecule has 0 saturated carbocycles. The first-order valence-corrected chi connectivity index (χ1v) is 8.16. The summed E-state index contributed by atoms with van der Waals surface area (Å²) in [7, 11) is 1.61. The molecule has 25 heavy (non-hydrogen) atoms. The van der Waals surface area contributed by atoms with Gasteiger partial charge >= 0.3 is 0 Å². The van der Waals surface area contributed by atoms with Gasteiger partial charge < -0.3 is 14.5 Å². The first-order valence-electron chi connectivity index (χ1n) is 8.16. The van der Waals surface area contributed by atoms with Gasteiger partial charge in [0.2, 0.25) is 0 Å². The van der Waals surface area contributed by atoms with E-state index in [0.717, 1.165) is 55.8 Å². The van der Waals surface area contributed by atoms with Crippen molar-refractivity contribution in [2.45, 2.75) is 6.54 Å². The maximum absolute atomic E-state index is 13.3. The lowest BCUT2D eigenvalue weighted by Gasteiger charge is -2.29. The van der Waals surface area contributed by atoms with Crippen LogP contribution in [0.3, 0.4) is 0 Å². The van der Waals surface area contributed by atoms with Crippen molar-refractivity contribution in [2.75, 3.05) is 38.3 Å². The fourth-order valence-corrected chi connectivity index (χ4v) is 2.88. The number of nitrogens with zero attached hydrogens (tertiary/aromatic N) is 2. The van der Waals surface area contributed by atoms with E-state index in [9.17, 15) is 13.6 Å². The monoisotopic (exact) mass is 346 g/mol. The van der Waals surface area contributed by atoms with E-state index in [-0.39, 0.29) is 5.56 Å². The Hall–Kier alpha value is -2.47. The van der Waals surface area contributed by atoms with E-state index >= 15 is 0 Å². The molecule has 1 heterocycles. The number of benzene rings is 2. The molecule has 0 aromatic heterocycles. The summed E-state index contributed by atoms with van der Waals surface area (Å²) in [5.74, 6) is -1.94. The molecule has 0 bridgehead atoms. The Labute approximate surface area is 145 Å². The normalized spacial score (nSPS) is 14.4. The van der Waals surface area contributed by atoms with Crippen LogP contribution in [0.4, 0.5) is 14.5 Å². The summed E-state index contributed by atoms with van der Waals surface area (Å²) in [4.78, 5) is 16.0. The van der Waals surface area contributed by atoms with Crippen LogP contribution < -0.4 is 4.90 Å². The van der Waals surface area contributed by atoms with Crippen molar-refractivity contribution in [1.29, 1.82) is 0 Å². The van der Waals surface area contributed by atoms with Gasteiger partial charge in [-0.15, -0.1) is 0 Å². The second kappa shape index (κ2) is 7.61. The Morgan fingerprint density at radius 1 is 1.08 bits per heavy atom. The lowest BCUT2D eigenvalue weighted by atomic mass is 10.1. The molecular weight excluding hydrogens is 326 g/mol. The van der Waals surface area contributed by atoms with Gasteiger partial charge in [0.1, 0.15) is 11.6 Å². The largest absolute Gasteiger partial charge is 0.378 e. The first kappa shape index (κ1) is 17.4. The molecule has 132 valence electrons. The van der Waals surface area contributed by atoms with E-state index < -0.39 is 17.5 Å². The van der Waals surface area contributed by atoms with Crippen LogP contribution in [0.1, 0.15) is 15.9 Å². The minimum Gasteiger partial charge on any atom is -0.378 e. The Morgan fingerprint density at radius 3 is 2.28 bits per heavy atom. The van der Waals surface area contributed by atoms with Crippen LogP contribution in [0.15, 0.2) is 42.5 Å². The molecule has 1 aliphatic rings. The standard InChI is InChI=1S/C19H20F2N2O2/c1-22(19(24)15-10-16(20)12-17(21)11-15)13-14-2-4-18(5-3-14)23-6-8-25-9-7-23/h2-5,10-12H,6-9,13H2,1H3. The average molecular weight is 346 g/mol. The number of ether oxygens (including phenoxy) is 1. The molecule has 2 aromatic rings. The molecule has 0 unspecified atom stereocenters. The maximum atomic E-state index is 13.3. The number of amides is 1. The molecule has 1 amide bonds. The van der Waals surface area contributed by atoms with Crippen LogP contribution in [-0.4, -0.2) is 44.2 Å². The summed E-state index contributed by atoms with van der Waals surface area (Å²) >= 11 is 0. The minimum atomic E-state index is -0.758. The quantitative estimate of drug-likeness (QED) is 0.853. The highest BCUT2D eigenvalue weighted by Crippen LogP contribution is 2.18. The molecule has 1 saturated heterocycles. The number of hydrogen-bond donors (Lipinski definition) is 0. The fraction of sp³-hybridized carbons (Fsp3) is 0.316. The molecule has 6 heteroatoms. The van der Waals surface area contributed by atoms with Crippen LogP contribution in [-0.2, 0) is 11.3 Å². The first-order chi connectivity index (χ1) is 12.0. The van der Waals surface area contributed by atoms with Crippen molar-refractivity contribution < 1.29 is 18.3 Å². The van der Waals surface area contributed by atoms with Gasteiger partial charge in [0.05, 0.1) is 13.2 Å². The van der Waals surface area contributed by atoms with E-state index in [4.69, 9.17) is 4.74 Å². The smallest absolute Gasteiger partial charge is 0.254 e. The average Bonchev–Trinajstić information content (AvgIpc) is 2.61. The van der Waals surface area contributed by atoms with E-state index in [1.165, 1.54) is 4.90 Å². The maximum Gasteiger partial charge on any atom is 0.254 e. The van der Waals surface area contributed by atoms with Gasteiger partial charge in [-0.2, -0.15) is 0 Å². The number of morpholine rings is 1. The Balaban J connectivity index is 1.65. The lowest BCUT2D eigenvalue weighted by Crippen LogP contribution is -2.36. The molecule has 0 atom stereocenters. The third-order valence-electron chi connectivity index (χ3n) is 4.19. The highest BCUT2D eigenvalue weighted by molar-refractivity contribution is 5.94. The van der Waals surface area contributed by atoms with Crippen LogP contribution >= 0.6 is 0 Å². The van der Waals surface area contributed by atoms with E-state index in [1.807, 2.05) is 24.3 Å². The SMILES string of the molecule is CN(Cc1ccc(N2CCOCC2)cc1)C(=O)c1cc(F)cc(F)c1. The van der Waals surface area contributed by atoms with Crippen molar-refractivity contribution in [2.24, 2.45) is 0 Å². The van der Waals surface area contributed by atoms with Crippen LogP contribution in [0, 0.1) is 11.6 Å². The number of hydrogen-bond acceptors (Lipinski definition) is 3. The Morgan fingerprint density at radius 2 is 1.68 bits per heavy atom. The molecule has 3 rings (SSSR count). The molecule has 0 aliphatic carbocycles. The van der Waals surface area contributed by atoms with Crippen molar-refractivity contribution in [3.63, 3.8) is 0 Å². The fourth-order valence-electron chi connectivity index (χ4n) is 2.88. The third kappa shape index (κ3) is 4.33. The second-order valence-electron chi connectivity index (χ2n) is 6.09. The van der Waals surface area contributed by atoms with Crippen LogP contribution in [0.5, 0.6) is 0 Å². The van der Waals surface area contributed by atoms with E-state index in [0.29, 0.717) is 6.54 Å². The van der Waals surface area contributed by atoms with Gasteiger partial charge in [-0.05, 0) is 29.8 Å². The number of rotatable bonds is 4. The topological polar surface area (TPSA) is 32.8 Å². The molecule has 2 aromatic carbocycles. The zero-order chi connectivity index (χ0) is 17.8. The van der Waals surface area contributed by atoms with Gasteiger partial charge in [0, 0.05) is 44.0 Å². The zero-order valence-electron chi connectivity index (χ0n) is 14.0. The molecule has 1 fully saturated rings. The van der Waals surface area contributed by atoms with Crippen LogP contribution in [0.2, 0.25) is 0 Å². The third-order valence-corrected chi connectivity index (χ3v) is 4.19.